The van der Waals surface area contributed by atoms with Crippen molar-refractivity contribution in [3.05, 3.63) is 82.3 Å². The van der Waals surface area contributed by atoms with Crippen molar-refractivity contribution in [2.24, 2.45) is 0 Å². The molecule has 0 aliphatic heterocycles. The molecular weight excluding hydrogens is 527 g/mol. The third-order valence-corrected chi connectivity index (χ3v) is 6.80. The zero-order chi connectivity index (χ0) is 26.1. The van der Waals surface area contributed by atoms with E-state index in [0.717, 1.165) is 11.8 Å². The van der Waals surface area contributed by atoms with Crippen LogP contribution in [0.1, 0.15) is 16.8 Å². The molecule has 188 valence electrons. The zero-order valence-corrected chi connectivity index (χ0v) is 21.3. The van der Waals surface area contributed by atoms with Crippen molar-refractivity contribution in [1.82, 2.24) is 0 Å². The molecule has 0 heterocycles. The van der Waals surface area contributed by atoms with E-state index in [9.17, 15) is 19.5 Å². The maximum atomic E-state index is 12.4. The Bertz CT molecular complexity index is 1220. The summed E-state index contributed by atoms with van der Waals surface area (Å²) >= 11 is 12.9. The minimum absolute atomic E-state index is 0.0880. The lowest BCUT2D eigenvalue weighted by Gasteiger charge is -2.13. The standard InChI is InChI=1S/C25H22Cl2N2O6S/c1-34-18-7-2-15(3-8-18)23(30)28-16-4-9-19(10-5-16)36-22(24(31)32)12-13-35-25(33)29-17-6-11-20(26)21(27)14-17/h2-11,14,22H,12-13H2,1H3,(H,28,30)(H,29,33)(H,31,32). The second-order valence-corrected chi connectivity index (χ2v) is 9.42. The molecule has 0 aromatic heterocycles. The quantitative estimate of drug-likeness (QED) is 0.250. The van der Waals surface area contributed by atoms with Gasteiger partial charge in [0.05, 0.1) is 23.8 Å². The van der Waals surface area contributed by atoms with E-state index in [-0.39, 0.29) is 24.0 Å². The SMILES string of the molecule is COc1ccc(C(=O)Nc2ccc(SC(CCOC(=O)Nc3ccc(Cl)c(Cl)c3)C(=O)O)cc2)cc1. The summed E-state index contributed by atoms with van der Waals surface area (Å²) in [6.45, 7) is -0.104. The molecule has 3 N–H and O–H groups in total. The minimum Gasteiger partial charge on any atom is -0.497 e. The van der Waals surface area contributed by atoms with Crippen LogP contribution in [0.25, 0.3) is 0 Å². The first kappa shape index (κ1) is 27.2. The molecule has 2 amide bonds. The second-order valence-electron chi connectivity index (χ2n) is 7.33. The van der Waals surface area contributed by atoms with Crippen LogP contribution >= 0.6 is 35.0 Å². The first-order valence-corrected chi connectivity index (χ1v) is 12.2. The number of methoxy groups -OCH3 is 1. The Labute approximate surface area is 221 Å². The number of nitrogens with one attached hydrogen (secondary N) is 2. The number of anilines is 2. The topological polar surface area (TPSA) is 114 Å². The van der Waals surface area contributed by atoms with Gasteiger partial charge in [-0.25, -0.2) is 4.79 Å². The Morgan fingerprint density at radius 3 is 2.19 bits per heavy atom. The average molecular weight is 549 g/mol. The van der Waals surface area contributed by atoms with E-state index in [1.807, 2.05) is 0 Å². The van der Waals surface area contributed by atoms with Crippen LogP contribution in [-0.4, -0.2) is 42.0 Å². The number of carbonyl (C=O) groups is 3. The number of halogens is 2. The smallest absolute Gasteiger partial charge is 0.411 e. The summed E-state index contributed by atoms with van der Waals surface area (Å²) in [7, 11) is 1.55. The van der Waals surface area contributed by atoms with Gasteiger partial charge >= 0.3 is 12.1 Å². The third kappa shape index (κ3) is 8.08. The van der Waals surface area contributed by atoms with Crippen LogP contribution in [0.5, 0.6) is 5.75 Å². The number of amides is 2. The average Bonchev–Trinajstić information content (AvgIpc) is 2.86. The second kappa shape index (κ2) is 13.1. The van der Waals surface area contributed by atoms with E-state index in [1.54, 1.807) is 61.7 Å². The Morgan fingerprint density at radius 1 is 0.917 bits per heavy atom. The number of ether oxygens (including phenoxy) is 2. The van der Waals surface area contributed by atoms with Crippen molar-refractivity contribution in [2.75, 3.05) is 24.4 Å². The maximum Gasteiger partial charge on any atom is 0.411 e. The lowest BCUT2D eigenvalue weighted by molar-refractivity contribution is -0.136. The van der Waals surface area contributed by atoms with Crippen molar-refractivity contribution < 1.29 is 29.0 Å². The molecule has 1 unspecified atom stereocenters. The molecule has 0 aliphatic carbocycles. The number of aliphatic carboxylic acids is 1. The summed E-state index contributed by atoms with van der Waals surface area (Å²) in [4.78, 5) is 36.7. The van der Waals surface area contributed by atoms with E-state index >= 15 is 0 Å². The molecule has 1 atom stereocenters. The Morgan fingerprint density at radius 2 is 1.58 bits per heavy atom. The van der Waals surface area contributed by atoms with Gasteiger partial charge in [-0.3, -0.25) is 14.9 Å². The maximum absolute atomic E-state index is 12.4. The summed E-state index contributed by atoms with van der Waals surface area (Å²) in [5.41, 5.74) is 1.44. The van der Waals surface area contributed by atoms with Gasteiger partial charge in [-0.2, -0.15) is 0 Å². The van der Waals surface area contributed by atoms with Gasteiger partial charge in [-0.15, -0.1) is 11.8 Å². The lowest BCUT2D eigenvalue weighted by Crippen LogP contribution is -2.21. The van der Waals surface area contributed by atoms with E-state index in [1.165, 1.54) is 12.1 Å². The van der Waals surface area contributed by atoms with E-state index in [4.69, 9.17) is 32.7 Å². The third-order valence-electron chi connectivity index (χ3n) is 4.80. The van der Waals surface area contributed by atoms with Crippen molar-refractivity contribution >= 4 is 64.3 Å². The van der Waals surface area contributed by atoms with Gasteiger partial charge in [0.15, 0.2) is 0 Å². The molecule has 3 aromatic rings. The fourth-order valence-electron chi connectivity index (χ4n) is 2.95. The normalized spacial score (nSPS) is 11.3. The van der Waals surface area contributed by atoms with E-state index in [2.05, 4.69) is 10.6 Å². The fraction of sp³-hybridized carbons (Fsp3) is 0.160. The molecule has 0 spiro atoms. The van der Waals surface area contributed by atoms with Crippen LogP contribution in [0.4, 0.5) is 16.2 Å². The van der Waals surface area contributed by atoms with Crippen LogP contribution in [0.3, 0.4) is 0 Å². The molecule has 0 saturated heterocycles. The Kier molecular flexibility index (Phi) is 9.86. The Hall–Kier alpha value is -3.40. The van der Waals surface area contributed by atoms with Crippen molar-refractivity contribution in [1.29, 1.82) is 0 Å². The lowest BCUT2D eigenvalue weighted by atomic mass is 10.2. The predicted octanol–water partition coefficient (Wildman–Crippen LogP) is 6.44. The number of hydrogen-bond acceptors (Lipinski definition) is 6. The number of carboxylic acid groups (broad SMARTS) is 1. The number of benzene rings is 3. The molecule has 0 saturated carbocycles. The number of carboxylic acids is 1. The van der Waals surface area contributed by atoms with Crippen molar-refractivity contribution in [2.45, 2.75) is 16.6 Å². The highest BCUT2D eigenvalue weighted by Gasteiger charge is 2.20. The van der Waals surface area contributed by atoms with Crippen LogP contribution in [0.2, 0.25) is 10.0 Å². The molecule has 0 fully saturated rings. The molecule has 36 heavy (non-hydrogen) atoms. The van der Waals surface area contributed by atoms with Gasteiger partial charge < -0.3 is 19.9 Å². The van der Waals surface area contributed by atoms with Gasteiger partial charge in [0.1, 0.15) is 11.0 Å². The molecule has 0 aliphatic rings. The van der Waals surface area contributed by atoms with E-state index in [0.29, 0.717) is 32.6 Å². The van der Waals surface area contributed by atoms with Crippen LogP contribution in [-0.2, 0) is 9.53 Å². The van der Waals surface area contributed by atoms with Gasteiger partial charge in [0.25, 0.3) is 5.91 Å². The molecule has 11 heteroatoms. The van der Waals surface area contributed by atoms with Gasteiger partial charge in [-0.1, -0.05) is 23.2 Å². The Balaban J connectivity index is 1.49. The summed E-state index contributed by atoms with van der Waals surface area (Å²) < 4.78 is 10.2. The van der Waals surface area contributed by atoms with Crippen LogP contribution in [0, 0.1) is 0 Å². The highest BCUT2D eigenvalue weighted by molar-refractivity contribution is 8.00. The first-order chi connectivity index (χ1) is 17.2. The molecule has 8 nitrogen and oxygen atoms in total. The molecule has 0 radical (unpaired) electrons. The minimum atomic E-state index is -1.04. The molecule has 3 aromatic carbocycles. The van der Waals surface area contributed by atoms with Crippen LogP contribution < -0.4 is 15.4 Å². The van der Waals surface area contributed by atoms with Gasteiger partial charge in [-0.05, 0) is 66.7 Å². The molecule has 3 rings (SSSR count). The summed E-state index contributed by atoms with van der Waals surface area (Å²) in [6.07, 6.45) is -0.649. The monoisotopic (exact) mass is 548 g/mol. The highest BCUT2D eigenvalue weighted by Crippen LogP contribution is 2.28. The summed E-state index contributed by atoms with van der Waals surface area (Å²) in [6, 6.07) is 18.1. The summed E-state index contributed by atoms with van der Waals surface area (Å²) in [5, 5.41) is 14.6. The van der Waals surface area contributed by atoms with Gasteiger partial charge in [0, 0.05) is 28.3 Å². The fourth-order valence-corrected chi connectivity index (χ4v) is 4.18. The number of rotatable bonds is 10. The number of hydrogen-bond donors (Lipinski definition) is 3. The molecular formula is C25H22Cl2N2O6S. The zero-order valence-electron chi connectivity index (χ0n) is 19.0. The van der Waals surface area contributed by atoms with Crippen molar-refractivity contribution in [3.63, 3.8) is 0 Å². The largest absolute Gasteiger partial charge is 0.497 e. The van der Waals surface area contributed by atoms with E-state index < -0.39 is 17.3 Å². The number of carbonyl (C=O) groups excluding carboxylic acids is 2. The molecule has 0 bridgehead atoms. The van der Waals surface area contributed by atoms with Gasteiger partial charge in [0.2, 0.25) is 0 Å². The number of thioether (sulfide) groups is 1. The predicted molar refractivity (Wildman–Crippen MR) is 141 cm³/mol. The highest BCUT2D eigenvalue weighted by atomic mass is 35.5. The summed E-state index contributed by atoms with van der Waals surface area (Å²) in [5.74, 6) is -0.665. The first-order valence-electron chi connectivity index (χ1n) is 10.6. The van der Waals surface area contributed by atoms with Crippen molar-refractivity contribution in [3.8, 4) is 5.75 Å². The van der Waals surface area contributed by atoms with Crippen LogP contribution in [0.15, 0.2) is 71.6 Å².